The van der Waals surface area contributed by atoms with E-state index < -0.39 is 10.0 Å². The summed E-state index contributed by atoms with van der Waals surface area (Å²) in [6.07, 6.45) is 4.19. The highest BCUT2D eigenvalue weighted by Crippen LogP contribution is 2.21. The Kier molecular flexibility index (Phi) is 6.71. The molecule has 0 saturated carbocycles. The van der Waals surface area contributed by atoms with Crippen LogP contribution < -0.4 is 15.0 Å². The van der Waals surface area contributed by atoms with Gasteiger partial charge in [-0.15, -0.1) is 0 Å². The van der Waals surface area contributed by atoms with Gasteiger partial charge in [-0.2, -0.15) is 4.31 Å². The van der Waals surface area contributed by atoms with E-state index in [1.165, 1.54) is 10.5 Å². The van der Waals surface area contributed by atoms with Gasteiger partial charge in [0.15, 0.2) is 0 Å². The van der Waals surface area contributed by atoms with Gasteiger partial charge in [-0.3, -0.25) is 4.79 Å². The van der Waals surface area contributed by atoms with Gasteiger partial charge in [0.1, 0.15) is 16.5 Å². The molecule has 1 aromatic carbocycles. The molecular formula is C20H26N4O4S. The van der Waals surface area contributed by atoms with Crippen molar-refractivity contribution in [2.75, 3.05) is 44.0 Å². The molecule has 1 saturated heterocycles. The minimum Gasteiger partial charge on any atom is -0.497 e. The Labute approximate surface area is 171 Å². The zero-order valence-electron chi connectivity index (χ0n) is 16.7. The molecule has 2 aromatic rings. The summed E-state index contributed by atoms with van der Waals surface area (Å²) in [4.78, 5) is 18.4. The van der Waals surface area contributed by atoms with Crippen LogP contribution in [-0.2, 0) is 14.8 Å². The minimum atomic E-state index is -3.51. The number of sulfonamides is 1. The lowest BCUT2D eigenvalue weighted by atomic mass is 10.2. The normalized spacial score (nSPS) is 15.0. The number of hydrogen-bond acceptors (Lipinski definition) is 6. The molecule has 1 N–H and O–H groups in total. The van der Waals surface area contributed by atoms with Crippen molar-refractivity contribution in [3.05, 3.63) is 42.6 Å². The Morgan fingerprint density at radius 2 is 1.83 bits per heavy atom. The number of nitrogens with zero attached hydrogens (tertiary/aromatic N) is 3. The van der Waals surface area contributed by atoms with Crippen molar-refractivity contribution in [2.24, 2.45) is 0 Å². The molecule has 1 amide bonds. The Bertz CT molecular complexity index is 924. The number of rotatable bonds is 7. The van der Waals surface area contributed by atoms with Crippen molar-refractivity contribution in [3.63, 3.8) is 0 Å². The maximum Gasteiger partial charge on any atom is 0.244 e. The van der Waals surface area contributed by atoms with E-state index in [0.717, 1.165) is 19.3 Å². The van der Waals surface area contributed by atoms with Gasteiger partial charge >= 0.3 is 0 Å². The highest BCUT2D eigenvalue weighted by molar-refractivity contribution is 7.89. The third kappa shape index (κ3) is 5.24. The Balaban J connectivity index is 1.60. The Hall–Kier alpha value is -2.65. The van der Waals surface area contributed by atoms with Gasteiger partial charge in [0, 0.05) is 32.0 Å². The number of pyridine rings is 1. The molecule has 1 aliphatic rings. The summed E-state index contributed by atoms with van der Waals surface area (Å²) in [5.74, 6) is 1.03. The smallest absolute Gasteiger partial charge is 0.244 e. The predicted octanol–water partition coefficient (Wildman–Crippen LogP) is 2.34. The molecule has 2 heterocycles. The monoisotopic (exact) mass is 418 g/mol. The summed E-state index contributed by atoms with van der Waals surface area (Å²) in [7, 11) is -0.198. The number of carbonyl (C=O) groups is 1. The van der Waals surface area contributed by atoms with Gasteiger partial charge < -0.3 is 15.0 Å². The first kappa shape index (κ1) is 21.1. The van der Waals surface area contributed by atoms with E-state index in [2.05, 4.69) is 10.3 Å². The van der Waals surface area contributed by atoms with E-state index in [-0.39, 0.29) is 17.3 Å². The lowest BCUT2D eigenvalue weighted by molar-refractivity contribution is -0.114. The molecule has 1 fully saturated rings. The Morgan fingerprint density at radius 3 is 2.41 bits per heavy atom. The van der Waals surface area contributed by atoms with Crippen molar-refractivity contribution < 1.29 is 17.9 Å². The van der Waals surface area contributed by atoms with Crippen molar-refractivity contribution in [1.29, 1.82) is 0 Å². The fourth-order valence-electron chi connectivity index (χ4n) is 3.18. The number of aromatic nitrogens is 1. The van der Waals surface area contributed by atoms with Crippen LogP contribution >= 0.6 is 0 Å². The number of anilines is 2. The van der Waals surface area contributed by atoms with Crippen molar-refractivity contribution in [2.45, 2.75) is 24.2 Å². The summed E-state index contributed by atoms with van der Waals surface area (Å²) in [5.41, 5.74) is 0.667. The maximum atomic E-state index is 12.7. The Morgan fingerprint density at radius 1 is 1.14 bits per heavy atom. The molecule has 8 nitrogen and oxygen atoms in total. The topological polar surface area (TPSA) is 91.8 Å². The molecular weight excluding hydrogens is 392 g/mol. The van der Waals surface area contributed by atoms with Crippen molar-refractivity contribution in [3.8, 4) is 5.75 Å². The van der Waals surface area contributed by atoms with Gasteiger partial charge in [0.25, 0.3) is 0 Å². The van der Waals surface area contributed by atoms with Gasteiger partial charge in [0.05, 0.1) is 13.7 Å². The summed E-state index contributed by atoms with van der Waals surface area (Å²) in [6.45, 7) is 1.18. The van der Waals surface area contributed by atoms with Gasteiger partial charge in [-0.05, 0) is 49.2 Å². The third-order valence-corrected chi connectivity index (χ3v) is 6.70. The largest absolute Gasteiger partial charge is 0.497 e. The number of likely N-dealkylation sites (N-methyl/N-ethyl adjacent to an activating group) is 1. The lowest BCUT2D eigenvalue weighted by Crippen LogP contribution is -2.35. The zero-order valence-corrected chi connectivity index (χ0v) is 17.5. The molecule has 0 radical (unpaired) electrons. The molecule has 0 atom stereocenters. The second kappa shape index (κ2) is 9.23. The number of amides is 1. The zero-order chi connectivity index (χ0) is 20.9. The number of benzene rings is 1. The lowest BCUT2D eigenvalue weighted by Gasteiger charge is -2.26. The quantitative estimate of drug-likeness (QED) is 0.742. The number of ether oxygens (including phenoxy) is 1. The summed E-state index contributed by atoms with van der Waals surface area (Å²) in [5, 5.41) is 2.81. The van der Waals surface area contributed by atoms with E-state index in [9.17, 15) is 13.2 Å². The molecule has 0 bridgehead atoms. The first-order valence-corrected chi connectivity index (χ1v) is 11.0. The first-order chi connectivity index (χ1) is 13.9. The van der Waals surface area contributed by atoms with E-state index in [4.69, 9.17) is 4.74 Å². The van der Waals surface area contributed by atoms with Crippen LogP contribution in [0.1, 0.15) is 19.3 Å². The molecule has 0 aliphatic carbocycles. The van der Waals surface area contributed by atoms with Crippen molar-refractivity contribution >= 4 is 27.4 Å². The molecule has 0 unspecified atom stereocenters. The van der Waals surface area contributed by atoms with Crippen LogP contribution in [0.3, 0.4) is 0 Å². The van der Waals surface area contributed by atoms with Crippen LogP contribution in [-0.4, -0.2) is 57.4 Å². The van der Waals surface area contributed by atoms with Crippen LogP contribution in [0, 0.1) is 0 Å². The van der Waals surface area contributed by atoms with Gasteiger partial charge in [-0.25, -0.2) is 13.4 Å². The molecule has 3 rings (SSSR count). The maximum absolute atomic E-state index is 12.7. The number of carbonyl (C=O) groups excluding carboxylic acids is 1. The van der Waals surface area contributed by atoms with Crippen LogP contribution in [0.15, 0.2) is 47.5 Å². The highest BCUT2D eigenvalue weighted by Gasteiger charge is 2.26. The third-order valence-electron chi connectivity index (χ3n) is 4.82. The fraction of sp³-hybridized carbons (Fsp3) is 0.400. The number of methoxy groups -OCH3 is 1. The standard InChI is InChI=1S/C20H26N4O4S/c1-23(15-20(25)22-16-6-8-17(28-2)9-7-16)19-11-10-18(14-21-19)29(26,27)24-12-4-3-5-13-24/h6-11,14H,3-5,12-13,15H2,1-2H3,(H,22,25). The second-order valence-corrected chi connectivity index (χ2v) is 8.89. The minimum absolute atomic E-state index is 0.0806. The number of nitrogens with one attached hydrogen (secondary N) is 1. The van der Waals surface area contributed by atoms with Crippen molar-refractivity contribution in [1.82, 2.24) is 9.29 Å². The number of hydrogen-bond donors (Lipinski definition) is 1. The molecule has 1 aromatic heterocycles. The summed E-state index contributed by atoms with van der Waals surface area (Å²) in [6, 6.07) is 10.2. The highest BCUT2D eigenvalue weighted by atomic mass is 32.2. The van der Waals surface area contributed by atoms with Crippen LogP contribution in [0.4, 0.5) is 11.5 Å². The average molecular weight is 419 g/mol. The molecule has 156 valence electrons. The van der Waals surface area contributed by atoms with Gasteiger partial charge in [-0.1, -0.05) is 6.42 Å². The SMILES string of the molecule is COc1ccc(NC(=O)CN(C)c2ccc(S(=O)(=O)N3CCCCC3)cn2)cc1. The second-order valence-electron chi connectivity index (χ2n) is 6.95. The van der Waals surface area contributed by atoms with Gasteiger partial charge in [0.2, 0.25) is 15.9 Å². The molecule has 9 heteroatoms. The molecule has 0 spiro atoms. The number of piperidine rings is 1. The van der Waals surface area contributed by atoms with E-state index in [0.29, 0.717) is 30.3 Å². The molecule has 29 heavy (non-hydrogen) atoms. The van der Waals surface area contributed by atoms with E-state index in [1.807, 2.05) is 0 Å². The molecule has 1 aliphatic heterocycles. The van der Waals surface area contributed by atoms with E-state index in [1.54, 1.807) is 55.5 Å². The van der Waals surface area contributed by atoms with Crippen LogP contribution in [0.25, 0.3) is 0 Å². The van der Waals surface area contributed by atoms with E-state index >= 15 is 0 Å². The predicted molar refractivity (Wildman–Crippen MR) is 112 cm³/mol. The van der Waals surface area contributed by atoms with Crippen LogP contribution in [0.5, 0.6) is 5.75 Å². The fourth-order valence-corrected chi connectivity index (χ4v) is 4.64. The van der Waals surface area contributed by atoms with Crippen LogP contribution in [0.2, 0.25) is 0 Å². The summed E-state index contributed by atoms with van der Waals surface area (Å²) >= 11 is 0. The first-order valence-electron chi connectivity index (χ1n) is 9.51. The summed E-state index contributed by atoms with van der Waals surface area (Å²) < 4.78 is 32.0. The average Bonchev–Trinajstić information content (AvgIpc) is 2.75.